The highest BCUT2D eigenvalue weighted by molar-refractivity contribution is 9.09. The minimum absolute atomic E-state index is 0.179. The maximum atomic E-state index is 13.9. The van der Waals surface area contributed by atoms with Gasteiger partial charge in [-0.05, 0) is 42.2 Å². The third kappa shape index (κ3) is 3.83. The fraction of sp³-hybridized carbons (Fsp3) is 0.294. The Morgan fingerprint density at radius 2 is 1.85 bits per heavy atom. The molecule has 0 radical (unpaired) electrons. The fourth-order valence-electron chi connectivity index (χ4n) is 2.12. The third-order valence-electron chi connectivity index (χ3n) is 3.32. The van der Waals surface area contributed by atoms with E-state index in [1.54, 1.807) is 12.1 Å². The maximum absolute atomic E-state index is 13.9. The molecule has 0 bridgehead atoms. The average molecular weight is 356 g/mol. The van der Waals surface area contributed by atoms with Gasteiger partial charge in [-0.1, -0.05) is 65.1 Å². The van der Waals surface area contributed by atoms with E-state index in [0.29, 0.717) is 10.6 Å². The van der Waals surface area contributed by atoms with Crippen molar-refractivity contribution in [1.82, 2.24) is 0 Å². The number of alkyl halides is 1. The summed E-state index contributed by atoms with van der Waals surface area (Å²) in [7, 11) is 0. The molecule has 0 aliphatic heterocycles. The predicted molar refractivity (Wildman–Crippen MR) is 87.2 cm³/mol. The molecule has 2 aromatic rings. The number of hydrogen-bond acceptors (Lipinski definition) is 0. The first-order valence-electron chi connectivity index (χ1n) is 6.79. The van der Waals surface area contributed by atoms with Crippen molar-refractivity contribution in [2.45, 2.75) is 31.0 Å². The molecular weight excluding hydrogens is 339 g/mol. The van der Waals surface area contributed by atoms with E-state index in [9.17, 15) is 4.39 Å². The van der Waals surface area contributed by atoms with Crippen LogP contribution in [-0.4, -0.2) is 0 Å². The molecular formula is C17H17BrClF. The van der Waals surface area contributed by atoms with Crippen molar-refractivity contribution in [2.75, 3.05) is 0 Å². The van der Waals surface area contributed by atoms with E-state index in [4.69, 9.17) is 11.6 Å². The summed E-state index contributed by atoms with van der Waals surface area (Å²) in [6.07, 6.45) is 3.48. The highest BCUT2D eigenvalue weighted by Gasteiger charge is 2.15. The molecule has 0 N–H and O–H groups in total. The summed E-state index contributed by atoms with van der Waals surface area (Å²) in [4.78, 5) is -0.179. The quantitative estimate of drug-likeness (QED) is 0.552. The van der Waals surface area contributed by atoms with E-state index in [1.165, 1.54) is 24.5 Å². The van der Waals surface area contributed by atoms with Crippen LogP contribution in [0.3, 0.4) is 0 Å². The van der Waals surface area contributed by atoms with Gasteiger partial charge in [0.15, 0.2) is 0 Å². The van der Waals surface area contributed by atoms with Crippen LogP contribution in [0, 0.1) is 5.82 Å². The van der Waals surface area contributed by atoms with Crippen LogP contribution < -0.4 is 0 Å². The highest BCUT2D eigenvalue weighted by atomic mass is 79.9. The van der Waals surface area contributed by atoms with Crippen LogP contribution in [0.2, 0.25) is 5.02 Å². The van der Waals surface area contributed by atoms with Crippen molar-refractivity contribution in [3.8, 4) is 0 Å². The number of aryl methyl sites for hydroxylation is 1. The van der Waals surface area contributed by atoms with Crippen molar-refractivity contribution in [3.63, 3.8) is 0 Å². The van der Waals surface area contributed by atoms with E-state index in [-0.39, 0.29) is 10.6 Å². The monoisotopic (exact) mass is 354 g/mol. The summed E-state index contributed by atoms with van der Waals surface area (Å²) >= 11 is 9.50. The Labute approximate surface area is 133 Å². The molecule has 0 nitrogen and oxygen atoms in total. The summed E-state index contributed by atoms with van der Waals surface area (Å²) < 4.78 is 13.9. The molecule has 0 saturated heterocycles. The molecule has 0 aliphatic carbocycles. The van der Waals surface area contributed by atoms with E-state index in [0.717, 1.165) is 12.0 Å². The summed E-state index contributed by atoms with van der Waals surface area (Å²) in [5.74, 6) is -0.244. The summed E-state index contributed by atoms with van der Waals surface area (Å²) in [5, 5.41) is 0.547. The van der Waals surface area contributed by atoms with Gasteiger partial charge in [-0.3, -0.25) is 0 Å². The second kappa shape index (κ2) is 7.24. The molecule has 0 fully saturated rings. The SMILES string of the molecule is CCCCc1ccc(C(Br)c2cc(Cl)ccc2F)cc1. The number of rotatable bonds is 5. The molecule has 1 unspecified atom stereocenters. The van der Waals surface area contributed by atoms with Crippen molar-refractivity contribution in [3.05, 3.63) is 70.0 Å². The van der Waals surface area contributed by atoms with Crippen LogP contribution in [0.4, 0.5) is 4.39 Å². The summed E-state index contributed by atoms with van der Waals surface area (Å²) in [5.41, 5.74) is 2.92. The highest BCUT2D eigenvalue weighted by Crippen LogP contribution is 2.34. The van der Waals surface area contributed by atoms with Gasteiger partial charge in [0.1, 0.15) is 5.82 Å². The fourth-order valence-corrected chi connectivity index (χ4v) is 2.96. The Bertz CT molecular complexity index is 566. The molecule has 20 heavy (non-hydrogen) atoms. The summed E-state index contributed by atoms with van der Waals surface area (Å²) in [6, 6.07) is 13.0. The number of hydrogen-bond donors (Lipinski definition) is 0. The lowest BCUT2D eigenvalue weighted by Gasteiger charge is -2.13. The average Bonchev–Trinajstić information content (AvgIpc) is 2.47. The first-order chi connectivity index (χ1) is 9.61. The molecule has 2 aromatic carbocycles. The lowest BCUT2D eigenvalue weighted by Crippen LogP contribution is -1.97. The van der Waals surface area contributed by atoms with Crippen molar-refractivity contribution in [2.24, 2.45) is 0 Å². The largest absolute Gasteiger partial charge is 0.207 e. The number of unbranched alkanes of at least 4 members (excludes halogenated alkanes) is 1. The van der Waals surface area contributed by atoms with Gasteiger partial charge in [-0.2, -0.15) is 0 Å². The zero-order valence-corrected chi connectivity index (χ0v) is 13.7. The zero-order valence-electron chi connectivity index (χ0n) is 11.4. The molecule has 0 aliphatic rings. The maximum Gasteiger partial charge on any atom is 0.127 e. The first kappa shape index (κ1) is 15.5. The molecule has 0 saturated carbocycles. The van der Waals surface area contributed by atoms with Gasteiger partial charge >= 0.3 is 0 Å². The zero-order chi connectivity index (χ0) is 14.5. The van der Waals surface area contributed by atoms with Crippen LogP contribution in [-0.2, 0) is 6.42 Å². The third-order valence-corrected chi connectivity index (χ3v) is 4.58. The van der Waals surface area contributed by atoms with Crippen LogP contribution >= 0.6 is 27.5 Å². The summed E-state index contributed by atoms with van der Waals surface area (Å²) in [6.45, 7) is 2.19. The van der Waals surface area contributed by atoms with E-state index >= 15 is 0 Å². The number of benzene rings is 2. The Kier molecular flexibility index (Phi) is 5.62. The minimum Gasteiger partial charge on any atom is -0.207 e. The smallest absolute Gasteiger partial charge is 0.127 e. The molecule has 0 spiro atoms. The Morgan fingerprint density at radius 3 is 2.50 bits per heavy atom. The Balaban J connectivity index is 2.20. The molecule has 2 rings (SSSR count). The molecule has 0 aromatic heterocycles. The van der Waals surface area contributed by atoms with Crippen molar-refractivity contribution < 1.29 is 4.39 Å². The Morgan fingerprint density at radius 1 is 1.15 bits per heavy atom. The lowest BCUT2D eigenvalue weighted by molar-refractivity contribution is 0.613. The lowest BCUT2D eigenvalue weighted by atomic mass is 10.0. The molecule has 0 heterocycles. The van der Waals surface area contributed by atoms with E-state index < -0.39 is 0 Å². The second-order valence-corrected chi connectivity index (χ2v) is 6.23. The first-order valence-corrected chi connectivity index (χ1v) is 8.09. The van der Waals surface area contributed by atoms with Gasteiger partial charge in [0, 0.05) is 10.6 Å². The van der Waals surface area contributed by atoms with E-state index in [1.807, 2.05) is 12.1 Å². The molecule has 106 valence electrons. The normalized spacial score (nSPS) is 12.4. The minimum atomic E-state index is -0.244. The van der Waals surface area contributed by atoms with Gasteiger partial charge in [0.25, 0.3) is 0 Å². The standard InChI is InChI=1S/C17H17BrClF/c1-2-3-4-12-5-7-13(8-6-12)17(18)15-11-14(19)9-10-16(15)20/h5-11,17H,2-4H2,1H3. The van der Waals surface area contributed by atoms with Gasteiger partial charge in [-0.15, -0.1) is 0 Å². The van der Waals surface area contributed by atoms with Gasteiger partial charge < -0.3 is 0 Å². The topological polar surface area (TPSA) is 0 Å². The van der Waals surface area contributed by atoms with E-state index in [2.05, 4.69) is 35.0 Å². The van der Waals surface area contributed by atoms with Crippen LogP contribution in [0.5, 0.6) is 0 Å². The Hall–Kier alpha value is -0.860. The number of halogens is 3. The van der Waals surface area contributed by atoms with Gasteiger partial charge in [-0.25, -0.2) is 4.39 Å². The van der Waals surface area contributed by atoms with Crippen LogP contribution in [0.15, 0.2) is 42.5 Å². The molecule has 3 heteroatoms. The van der Waals surface area contributed by atoms with Crippen LogP contribution in [0.1, 0.15) is 41.3 Å². The van der Waals surface area contributed by atoms with Crippen molar-refractivity contribution in [1.29, 1.82) is 0 Å². The second-order valence-electron chi connectivity index (χ2n) is 4.87. The molecule has 0 amide bonds. The van der Waals surface area contributed by atoms with Gasteiger partial charge in [0.2, 0.25) is 0 Å². The van der Waals surface area contributed by atoms with Crippen LogP contribution in [0.25, 0.3) is 0 Å². The van der Waals surface area contributed by atoms with Crippen molar-refractivity contribution >= 4 is 27.5 Å². The molecule has 1 atom stereocenters. The van der Waals surface area contributed by atoms with Gasteiger partial charge in [0.05, 0.1) is 4.83 Å². The predicted octanol–water partition coefficient (Wildman–Crippen LogP) is 6.31.